The van der Waals surface area contributed by atoms with Gasteiger partial charge in [-0.1, -0.05) is 12.8 Å². The molecule has 0 radical (unpaired) electrons. The van der Waals surface area contributed by atoms with E-state index in [1.165, 1.54) is 9.80 Å². The molecule has 2 heterocycles. The Hall–Kier alpha value is -2.12. The molecule has 2 amide bonds. The second-order valence-electron chi connectivity index (χ2n) is 7.55. The minimum Gasteiger partial charge on any atom is -0.480 e. The summed E-state index contributed by atoms with van der Waals surface area (Å²) in [6.45, 7) is 0.823. The largest absolute Gasteiger partial charge is 0.480 e. The van der Waals surface area contributed by atoms with Crippen LogP contribution < -0.4 is 0 Å². The Morgan fingerprint density at radius 1 is 0.615 bits per heavy atom. The first-order valence-electron chi connectivity index (χ1n) is 9.48. The average molecular weight is 366 g/mol. The second kappa shape index (κ2) is 7.63. The fourth-order valence-corrected chi connectivity index (χ4v) is 4.72. The van der Waals surface area contributed by atoms with Gasteiger partial charge in [-0.2, -0.15) is 0 Å². The van der Waals surface area contributed by atoms with Crippen LogP contribution >= 0.6 is 0 Å². The number of carboxylic acid groups (broad SMARTS) is 2. The average Bonchev–Trinajstić information content (AvgIpc) is 3.29. The summed E-state index contributed by atoms with van der Waals surface area (Å²) >= 11 is 0. The maximum Gasteiger partial charge on any atom is 0.326 e. The van der Waals surface area contributed by atoms with E-state index in [-0.39, 0.29) is 11.8 Å². The minimum atomic E-state index is -1.000. The van der Waals surface area contributed by atoms with Crippen molar-refractivity contribution in [2.24, 2.45) is 11.8 Å². The van der Waals surface area contributed by atoms with Crippen LogP contribution in [0, 0.1) is 11.8 Å². The van der Waals surface area contributed by atoms with Gasteiger partial charge in [0.1, 0.15) is 12.1 Å². The molecule has 0 aromatic carbocycles. The number of carboxylic acids is 2. The van der Waals surface area contributed by atoms with Crippen molar-refractivity contribution in [3.8, 4) is 0 Å². The van der Waals surface area contributed by atoms with Gasteiger partial charge in [-0.3, -0.25) is 9.59 Å². The molecule has 144 valence electrons. The van der Waals surface area contributed by atoms with Gasteiger partial charge in [0, 0.05) is 24.9 Å². The fraction of sp³-hybridized carbons (Fsp3) is 0.778. The van der Waals surface area contributed by atoms with E-state index in [4.69, 9.17) is 0 Å². The Labute approximate surface area is 152 Å². The molecule has 1 aliphatic carbocycles. The molecule has 2 unspecified atom stereocenters. The van der Waals surface area contributed by atoms with Gasteiger partial charge in [-0.25, -0.2) is 9.59 Å². The number of amides is 2. The number of hydrogen-bond acceptors (Lipinski definition) is 4. The molecule has 3 fully saturated rings. The summed E-state index contributed by atoms with van der Waals surface area (Å²) in [4.78, 5) is 51.7. The molecule has 3 aliphatic rings. The quantitative estimate of drug-likeness (QED) is 0.765. The first-order chi connectivity index (χ1) is 12.4. The molecule has 8 nitrogen and oxygen atoms in total. The molecule has 2 saturated heterocycles. The minimum absolute atomic E-state index is 0.251. The highest BCUT2D eigenvalue weighted by Gasteiger charge is 2.45. The summed E-state index contributed by atoms with van der Waals surface area (Å²) in [5, 5.41) is 18.7. The first kappa shape index (κ1) is 18.7. The number of hydrogen-bond donors (Lipinski definition) is 2. The van der Waals surface area contributed by atoms with Crippen molar-refractivity contribution in [2.75, 3.05) is 13.1 Å². The first-order valence-corrected chi connectivity index (χ1v) is 9.48. The van der Waals surface area contributed by atoms with E-state index < -0.39 is 35.9 Å². The van der Waals surface area contributed by atoms with Gasteiger partial charge in [0.2, 0.25) is 11.8 Å². The highest BCUT2D eigenvalue weighted by Crippen LogP contribution is 2.36. The Bertz CT molecular complexity index is 554. The number of likely N-dealkylation sites (tertiary alicyclic amines) is 2. The van der Waals surface area contributed by atoms with Gasteiger partial charge in [0.15, 0.2) is 0 Å². The lowest BCUT2D eigenvalue weighted by molar-refractivity contribution is -0.156. The number of carbonyl (C=O) groups is 4. The highest BCUT2D eigenvalue weighted by molar-refractivity contribution is 5.92. The van der Waals surface area contributed by atoms with Gasteiger partial charge in [-0.05, 0) is 38.5 Å². The zero-order valence-corrected chi connectivity index (χ0v) is 14.8. The van der Waals surface area contributed by atoms with Crippen LogP contribution in [-0.4, -0.2) is 68.9 Å². The Balaban J connectivity index is 1.77. The van der Waals surface area contributed by atoms with Crippen LogP contribution in [0.15, 0.2) is 0 Å². The molecule has 0 aromatic rings. The van der Waals surface area contributed by atoms with Crippen LogP contribution in [0.3, 0.4) is 0 Å². The van der Waals surface area contributed by atoms with Crippen molar-refractivity contribution in [1.29, 1.82) is 0 Å². The third kappa shape index (κ3) is 3.41. The fourth-order valence-electron chi connectivity index (χ4n) is 4.72. The third-order valence-corrected chi connectivity index (χ3v) is 6.04. The normalized spacial score (nSPS) is 31.8. The molecule has 1 saturated carbocycles. The second-order valence-corrected chi connectivity index (χ2v) is 7.55. The summed E-state index contributed by atoms with van der Waals surface area (Å²) < 4.78 is 0. The van der Waals surface area contributed by atoms with E-state index >= 15 is 0 Å². The maximum absolute atomic E-state index is 13.0. The molecule has 0 bridgehead atoms. The van der Waals surface area contributed by atoms with Crippen LogP contribution in [0.4, 0.5) is 0 Å². The van der Waals surface area contributed by atoms with Crippen molar-refractivity contribution < 1.29 is 29.4 Å². The van der Waals surface area contributed by atoms with E-state index in [1.54, 1.807) is 0 Å². The molecule has 0 spiro atoms. The molecule has 4 atom stereocenters. The van der Waals surface area contributed by atoms with Gasteiger partial charge in [0.05, 0.1) is 0 Å². The predicted octanol–water partition coefficient (Wildman–Crippen LogP) is 0.944. The zero-order chi connectivity index (χ0) is 18.8. The summed E-state index contributed by atoms with van der Waals surface area (Å²) in [6, 6.07) is -1.61. The van der Waals surface area contributed by atoms with Crippen molar-refractivity contribution in [2.45, 2.75) is 63.5 Å². The lowest BCUT2D eigenvalue weighted by Gasteiger charge is -2.36. The monoisotopic (exact) mass is 366 g/mol. The molecule has 26 heavy (non-hydrogen) atoms. The number of aliphatic carboxylic acids is 2. The topological polar surface area (TPSA) is 115 Å². The highest BCUT2D eigenvalue weighted by atomic mass is 16.4. The van der Waals surface area contributed by atoms with E-state index in [1.807, 2.05) is 0 Å². The van der Waals surface area contributed by atoms with Crippen LogP contribution in [-0.2, 0) is 19.2 Å². The zero-order valence-electron chi connectivity index (χ0n) is 14.8. The number of nitrogens with zero attached hydrogens (tertiary/aromatic N) is 2. The molecule has 3 rings (SSSR count). The number of carbonyl (C=O) groups excluding carboxylic acids is 2. The van der Waals surface area contributed by atoms with Crippen molar-refractivity contribution >= 4 is 23.8 Å². The van der Waals surface area contributed by atoms with E-state index in [0.717, 1.165) is 12.8 Å². The van der Waals surface area contributed by atoms with Crippen molar-refractivity contribution in [1.82, 2.24) is 9.80 Å². The third-order valence-electron chi connectivity index (χ3n) is 6.04. The molecular weight excluding hydrogens is 340 g/mol. The van der Waals surface area contributed by atoms with Gasteiger partial charge in [0.25, 0.3) is 0 Å². The lowest BCUT2D eigenvalue weighted by atomic mass is 9.77. The van der Waals surface area contributed by atoms with Crippen LogP contribution in [0.1, 0.15) is 51.4 Å². The summed E-state index contributed by atoms with van der Waals surface area (Å²) in [7, 11) is 0. The van der Waals surface area contributed by atoms with Crippen molar-refractivity contribution in [3.63, 3.8) is 0 Å². The Morgan fingerprint density at radius 3 is 1.35 bits per heavy atom. The molecule has 8 heteroatoms. The van der Waals surface area contributed by atoms with Crippen LogP contribution in [0.25, 0.3) is 0 Å². The Kier molecular flexibility index (Phi) is 5.48. The van der Waals surface area contributed by atoms with Gasteiger partial charge < -0.3 is 20.0 Å². The maximum atomic E-state index is 13.0. The number of rotatable bonds is 4. The van der Waals surface area contributed by atoms with E-state index in [2.05, 4.69) is 0 Å². The summed E-state index contributed by atoms with van der Waals surface area (Å²) in [6.07, 6.45) is 4.97. The molecular formula is C18H26N2O6. The standard InChI is InChI=1S/C18H26N2O6/c21-15(19-9-3-7-13(19)17(23)24)11-5-1-2-6-12(11)16(22)20-10-4-8-14(20)18(25)26/h11-14H,1-10H2,(H,23,24)(H,25,26)/t11-,12-,13?,14?/m0/s1. The predicted molar refractivity (Wildman–Crippen MR) is 90.2 cm³/mol. The SMILES string of the molecule is O=C(O)C1CCCN1C(=O)[C@H]1CCCC[C@@H]1C(=O)N1CCCC1C(=O)O. The molecule has 0 aromatic heterocycles. The molecule has 2 N–H and O–H groups in total. The van der Waals surface area contributed by atoms with Crippen LogP contribution in [0.5, 0.6) is 0 Å². The van der Waals surface area contributed by atoms with Crippen LogP contribution in [0.2, 0.25) is 0 Å². The summed E-state index contributed by atoms with van der Waals surface area (Å²) in [5.74, 6) is -3.57. The van der Waals surface area contributed by atoms with Crippen molar-refractivity contribution in [3.05, 3.63) is 0 Å². The lowest BCUT2D eigenvalue weighted by Crippen LogP contribution is -2.51. The smallest absolute Gasteiger partial charge is 0.326 e. The molecule has 2 aliphatic heterocycles. The Morgan fingerprint density at radius 2 is 1.00 bits per heavy atom. The van der Waals surface area contributed by atoms with Gasteiger partial charge in [-0.15, -0.1) is 0 Å². The summed E-state index contributed by atoms with van der Waals surface area (Å²) in [5.41, 5.74) is 0. The van der Waals surface area contributed by atoms with Gasteiger partial charge >= 0.3 is 11.9 Å². The van der Waals surface area contributed by atoms with E-state index in [9.17, 15) is 29.4 Å². The van der Waals surface area contributed by atoms with E-state index in [0.29, 0.717) is 51.6 Å².